The van der Waals surface area contributed by atoms with Crippen molar-refractivity contribution in [3.05, 3.63) is 35.1 Å². The topological polar surface area (TPSA) is 45.0 Å². The van der Waals surface area contributed by atoms with Crippen LogP contribution in [0.25, 0.3) is 0 Å². The predicted molar refractivity (Wildman–Crippen MR) is 63.9 cm³/mol. The van der Waals surface area contributed by atoms with Crippen LogP contribution < -0.4 is 5.32 Å². The Kier molecular flexibility index (Phi) is 5.61. The first-order valence-corrected chi connectivity index (χ1v) is 5.58. The van der Waals surface area contributed by atoms with Gasteiger partial charge >= 0.3 is 0 Å². The smallest absolute Gasteiger partial charge is 0.140 e. The molecule has 1 aromatic rings. The maximum absolute atomic E-state index is 13.1. The van der Waals surface area contributed by atoms with Gasteiger partial charge in [-0.05, 0) is 31.0 Å². The van der Waals surface area contributed by atoms with Crippen molar-refractivity contribution in [2.24, 2.45) is 0 Å². The van der Waals surface area contributed by atoms with Crippen molar-refractivity contribution in [1.29, 1.82) is 5.26 Å². The van der Waals surface area contributed by atoms with Crippen LogP contribution in [0.15, 0.2) is 18.2 Å². The standard InChI is InChI=1S/C13H17FN2O/c1-10(5-6-17-2)16-9-11-3-4-13(14)12(7-11)8-15/h3-4,7,10,16H,5-6,9H2,1-2H3. The largest absolute Gasteiger partial charge is 0.385 e. The van der Waals surface area contributed by atoms with Crippen LogP contribution in [0.3, 0.4) is 0 Å². The average Bonchev–Trinajstić information content (AvgIpc) is 2.35. The number of ether oxygens (including phenoxy) is 1. The Balaban J connectivity index is 2.50. The Bertz CT molecular complexity index is 401. The molecule has 1 unspecified atom stereocenters. The number of nitrogens with one attached hydrogen (secondary N) is 1. The average molecular weight is 236 g/mol. The fourth-order valence-electron chi connectivity index (χ4n) is 1.46. The second-order valence-electron chi connectivity index (χ2n) is 3.99. The maximum atomic E-state index is 13.1. The SMILES string of the molecule is COCCC(C)NCc1ccc(F)c(C#N)c1. The number of halogens is 1. The van der Waals surface area contributed by atoms with Gasteiger partial charge in [-0.25, -0.2) is 4.39 Å². The molecule has 1 atom stereocenters. The third-order valence-electron chi connectivity index (χ3n) is 2.56. The molecule has 1 aromatic carbocycles. The fraction of sp³-hybridized carbons (Fsp3) is 0.462. The van der Waals surface area contributed by atoms with Gasteiger partial charge in [0.2, 0.25) is 0 Å². The van der Waals surface area contributed by atoms with Crippen LogP contribution in [-0.2, 0) is 11.3 Å². The number of rotatable bonds is 6. The fourth-order valence-corrected chi connectivity index (χ4v) is 1.46. The van der Waals surface area contributed by atoms with E-state index in [2.05, 4.69) is 12.2 Å². The molecule has 0 radical (unpaired) electrons. The zero-order chi connectivity index (χ0) is 12.7. The van der Waals surface area contributed by atoms with E-state index < -0.39 is 5.82 Å². The number of benzene rings is 1. The number of nitriles is 1. The highest BCUT2D eigenvalue weighted by Crippen LogP contribution is 2.09. The summed E-state index contributed by atoms with van der Waals surface area (Å²) < 4.78 is 18.1. The Hall–Kier alpha value is -1.44. The molecule has 0 aliphatic rings. The first-order chi connectivity index (χ1) is 8.17. The van der Waals surface area contributed by atoms with E-state index in [1.807, 2.05) is 6.07 Å². The molecule has 0 aliphatic heterocycles. The van der Waals surface area contributed by atoms with Crippen molar-refractivity contribution in [2.75, 3.05) is 13.7 Å². The van der Waals surface area contributed by atoms with Gasteiger partial charge in [0.05, 0.1) is 5.56 Å². The van der Waals surface area contributed by atoms with E-state index in [0.717, 1.165) is 12.0 Å². The van der Waals surface area contributed by atoms with E-state index in [1.54, 1.807) is 19.2 Å². The van der Waals surface area contributed by atoms with Crippen molar-refractivity contribution < 1.29 is 9.13 Å². The summed E-state index contributed by atoms with van der Waals surface area (Å²) in [5.74, 6) is -0.469. The summed E-state index contributed by atoms with van der Waals surface area (Å²) in [6, 6.07) is 6.75. The van der Waals surface area contributed by atoms with Crippen LogP contribution in [0.4, 0.5) is 4.39 Å². The van der Waals surface area contributed by atoms with Gasteiger partial charge in [0, 0.05) is 26.3 Å². The number of nitrogens with zero attached hydrogens (tertiary/aromatic N) is 1. The third kappa shape index (κ3) is 4.51. The van der Waals surface area contributed by atoms with Gasteiger partial charge in [0.25, 0.3) is 0 Å². The molecule has 0 aliphatic carbocycles. The molecule has 0 saturated heterocycles. The quantitative estimate of drug-likeness (QED) is 0.823. The minimum absolute atomic E-state index is 0.0915. The third-order valence-corrected chi connectivity index (χ3v) is 2.56. The predicted octanol–water partition coefficient (Wildman–Crippen LogP) is 2.21. The molecule has 17 heavy (non-hydrogen) atoms. The minimum atomic E-state index is -0.469. The summed E-state index contributed by atoms with van der Waals surface area (Å²) in [6.07, 6.45) is 0.919. The van der Waals surface area contributed by atoms with Gasteiger partial charge in [-0.3, -0.25) is 0 Å². The lowest BCUT2D eigenvalue weighted by Gasteiger charge is -2.13. The first kappa shape index (κ1) is 13.6. The van der Waals surface area contributed by atoms with Crippen LogP contribution in [0.5, 0.6) is 0 Å². The Morgan fingerprint density at radius 2 is 2.29 bits per heavy atom. The lowest BCUT2D eigenvalue weighted by Crippen LogP contribution is -2.26. The van der Waals surface area contributed by atoms with Crippen molar-refractivity contribution in [3.8, 4) is 6.07 Å². The van der Waals surface area contributed by atoms with E-state index >= 15 is 0 Å². The molecule has 1 rings (SSSR count). The van der Waals surface area contributed by atoms with E-state index in [9.17, 15) is 4.39 Å². The summed E-state index contributed by atoms with van der Waals surface area (Å²) in [4.78, 5) is 0. The molecule has 0 amide bonds. The molecule has 0 spiro atoms. The second kappa shape index (κ2) is 7.00. The molecule has 4 heteroatoms. The molecular weight excluding hydrogens is 219 g/mol. The number of hydrogen-bond acceptors (Lipinski definition) is 3. The van der Waals surface area contributed by atoms with Crippen LogP contribution in [0, 0.1) is 17.1 Å². The van der Waals surface area contributed by atoms with Crippen molar-refractivity contribution in [1.82, 2.24) is 5.32 Å². The van der Waals surface area contributed by atoms with E-state index in [4.69, 9.17) is 10.00 Å². The molecule has 0 fully saturated rings. The normalized spacial score (nSPS) is 12.1. The maximum Gasteiger partial charge on any atom is 0.140 e. The zero-order valence-corrected chi connectivity index (χ0v) is 10.2. The monoisotopic (exact) mass is 236 g/mol. The van der Waals surface area contributed by atoms with Crippen LogP contribution in [0.1, 0.15) is 24.5 Å². The van der Waals surface area contributed by atoms with Gasteiger partial charge in [-0.1, -0.05) is 6.07 Å². The first-order valence-electron chi connectivity index (χ1n) is 5.58. The summed E-state index contributed by atoms with van der Waals surface area (Å²) in [5, 5.41) is 12.0. The summed E-state index contributed by atoms with van der Waals surface area (Å²) >= 11 is 0. The van der Waals surface area contributed by atoms with Gasteiger partial charge in [-0.15, -0.1) is 0 Å². The second-order valence-corrected chi connectivity index (χ2v) is 3.99. The minimum Gasteiger partial charge on any atom is -0.385 e. The Morgan fingerprint density at radius 1 is 1.53 bits per heavy atom. The van der Waals surface area contributed by atoms with Crippen molar-refractivity contribution in [2.45, 2.75) is 25.9 Å². The lowest BCUT2D eigenvalue weighted by atomic mass is 10.1. The van der Waals surface area contributed by atoms with Gasteiger partial charge in [0.15, 0.2) is 0 Å². The van der Waals surface area contributed by atoms with E-state index in [0.29, 0.717) is 19.2 Å². The summed E-state index contributed by atoms with van der Waals surface area (Å²) in [5.41, 5.74) is 1.00. The van der Waals surface area contributed by atoms with E-state index in [1.165, 1.54) is 6.07 Å². The highest BCUT2D eigenvalue weighted by molar-refractivity contribution is 5.34. The molecule has 3 nitrogen and oxygen atoms in total. The molecular formula is C13H17FN2O. The Labute approximate surface area is 101 Å². The number of hydrogen-bond donors (Lipinski definition) is 1. The molecule has 0 bridgehead atoms. The Morgan fingerprint density at radius 3 is 2.94 bits per heavy atom. The number of methoxy groups -OCH3 is 1. The van der Waals surface area contributed by atoms with Gasteiger partial charge in [0.1, 0.15) is 11.9 Å². The van der Waals surface area contributed by atoms with Crippen LogP contribution >= 0.6 is 0 Å². The summed E-state index contributed by atoms with van der Waals surface area (Å²) in [7, 11) is 1.67. The van der Waals surface area contributed by atoms with Gasteiger partial charge < -0.3 is 10.1 Å². The molecule has 0 saturated carbocycles. The summed E-state index contributed by atoms with van der Waals surface area (Å²) in [6.45, 7) is 3.40. The highest BCUT2D eigenvalue weighted by atomic mass is 19.1. The van der Waals surface area contributed by atoms with Crippen LogP contribution in [-0.4, -0.2) is 19.8 Å². The van der Waals surface area contributed by atoms with E-state index in [-0.39, 0.29) is 5.56 Å². The zero-order valence-electron chi connectivity index (χ0n) is 10.2. The van der Waals surface area contributed by atoms with Gasteiger partial charge in [-0.2, -0.15) is 5.26 Å². The highest BCUT2D eigenvalue weighted by Gasteiger charge is 2.04. The molecule has 1 N–H and O–H groups in total. The van der Waals surface area contributed by atoms with Crippen molar-refractivity contribution in [3.63, 3.8) is 0 Å². The molecule has 92 valence electrons. The molecule has 0 aromatic heterocycles. The van der Waals surface area contributed by atoms with Crippen molar-refractivity contribution >= 4 is 0 Å². The molecule has 0 heterocycles. The lowest BCUT2D eigenvalue weighted by molar-refractivity contribution is 0.184. The van der Waals surface area contributed by atoms with Crippen LogP contribution in [0.2, 0.25) is 0 Å².